The molecular weight excluding hydrogens is 331 g/mol. The van der Waals surface area contributed by atoms with Crippen molar-refractivity contribution >= 4 is 5.91 Å². The SMILES string of the molecule is CCOc1ccc(CN(C)C(C)C(=O)N(C)Cc2cccc(F)c2)cc1. The lowest BCUT2D eigenvalue weighted by atomic mass is 10.1. The van der Waals surface area contributed by atoms with Gasteiger partial charge in [-0.25, -0.2) is 4.39 Å². The molecule has 2 rings (SSSR count). The minimum Gasteiger partial charge on any atom is -0.494 e. The number of carbonyl (C=O) groups is 1. The predicted molar refractivity (Wildman–Crippen MR) is 101 cm³/mol. The number of carbonyl (C=O) groups excluding carboxylic acids is 1. The van der Waals surface area contributed by atoms with Gasteiger partial charge in [-0.15, -0.1) is 0 Å². The first kappa shape index (κ1) is 19.9. The Morgan fingerprint density at radius 1 is 1.08 bits per heavy atom. The quantitative estimate of drug-likeness (QED) is 0.721. The first-order chi connectivity index (χ1) is 12.4. The van der Waals surface area contributed by atoms with E-state index in [0.29, 0.717) is 19.7 Å². The van der Waals surface area contributed by atoms with Gasteiger partial charge in [0, 0.05) is 20.1 Å². The normalized spacial score (nSPS) is 12.1. The average molecular weight is 358 g/mol. The molecule has 2 aromatic carbocycles. The molecule has 0 aromatic heterocycles. The standard InChI is InChI=1S/C21H27FN2O2/c1-5-26-20-11-9-17(10-12-20)14-23(3)16(2)21(25)24(4)15-18-7-6-8-19(22)13-18/h6-13,16H,5,14-15H2,1-4H3. The van der Waals surface area contributed by atoms with E-state index >= 15 is 0 Å². The first-order valence-corrected chi connectivity index (χ1v) is 8.82. The predicted octanol–water partition coefficient (Wildman–Crippen LogP) is 3.70. The van der Waals surface area contributed by atoms with Crippen LogP contribution in [0.3, 0.4) is 0 Å². The van der Waals surface area contributed by atoms with Gasteiger partial charge in [0.2, 0.25) is 5.91 Å². The summed E-state index contributed by atoms with van der Waals surface area (Å²) in [4.78, 5) is 16.3. The van der Waals surface area contributed by atoms with Crippen molar-refractivity contribution < 1.29 is 13.9 Å². The summed E-state index contributed by atoms with van der Waals surface area (Å²) >= 11 is 0. The molecule has 0 saturated heterocycles. The molecule has 5 heteroatoms. The van der Waals surface area contributed by atoms with Crippen LogP contribution in [0.15, 0.2) is 48.5 Å². The Bertz CT molecular complexity index is 718. The van der Waals surface area contributed by atoms with Gasteiger partial charge in [-0.3, -0.25) is 9.69 Å². The number of hydrogen-bond donors (Lipinski definition) is 0. The van der Waals surface area contributed by atoms with Crippen molar-refractivity contribution in [3.63, 3.8) is 0 Å². The number of ether oxygens (including phenoxy) is 1. The zero-order chi connectivity index (χ0) is 19.1. The fourth-order valence-corrected chi connectivity index (χ4v) is 2.78. The molecule has 0 aliphatic carbocycles. The fraction of sp³-hybridized carbons (Fsp3) is 0.381. The molecule has 140 valence electrons. The summed E-state index contributed by atoms with van der Waals surface area (Å²) in [6.07, 6.45) is 0. The van der Waals surface area contributed by atoms with Crippen LogP contribution in [0.2, 0.25) is 0 Å². The van der Waals surface area contributed by atoms with E-state index in [0.717, 1.165) is 16.9 Å². The first-order valence-electron chi connectivity index (χ1n) is 8.82. The summed E-state index contributed by atoms with van der Waals surface area (Å²) in [5.41, 5.74) is 1.89. The highest BCUT2D eigenvalue weighted by molar-refractivity contribution is 5.81. The molecule has 0 spiro atoms. The van der Waals surface area contributed by atoms with E-state index in [1.54, 1.807) is 18.0 Å². The second-order valence-electron chi connectivity index (χ2n) is 6.49. The third kappa shape index (κ3) is 5.56. The van der Waals surface area contributed by atoms with Crippen molar-refractivity contribution in [3.8, 4) is 5.75 Å². The summed E-state index contributed by atoms with van der Waals surface area (Å²) in [5.74, 6) is 0.560. The van der Waals surface area contributed by atoms with Crippen molar-refractivity contribution in [2.45, 2.75) is 33.0 Å². The molecule has 1 unspecified atom stereocenters. The topological polar surface area (TPSA) is 32.8 Å². The molecule has 0 fully saturated rings. The Kier molecular flexibility index (Phi) is 7.16. The van der Waals surface area contributed by atoms with Crippen LogP contribution in [0.4, 0.5) is 4.39 Å². The van der Waals surface area contributed by atoms with Gasteiger partial charge in [-0.05, 0) is 56.3 Å². The molecule has 1 amide bonds. The van der Waals surface area contributed by atoms with Gasteiger partial charge in [-0.2, -0.15) is 0 Å². The molecule has 0 saturated carbocycles. The van der Waals surface area contributed by atoms with Crippen LogP contribution < -0.4 is 4.74 Å². The van der Waals surface area contributed by atoms with Crippen molar-refractivity contribution in [1.29, 1.82) is 0 Å². The molecule has 0 N–H and O–H groups in total. The Hall–Kier alpha value is -2.40. The van der Waals surface area contributed by atoms with Gasteiger partial charge in [0.25, 0.3) is 0 Å². The van der Waals surface area contributed by atoms with Gasteiger partial charge >= 0.3 is 0 Å². The smallest absolute Gasteiger partial charge is 0.239 e. The lowest BCUT2D eigenvalue weighted by Crippen LogP contribution is -2.43. The van der Waals surface area contributed by atoms with Crippen molar-refractivity contribution in [3.05, 3.63) is 65.5 Å². The van der Waals surface area contributed by atoms with Crippen molar-refractivity contribution in [2.24, 2.45) is 0 Å². The molecule has 1 atom stereocenters. The highest BCUT2D eigenvalue weighted by atomic mass is 19.1. The average Bonchev–Trinajstić information content (AvgIpc) is 2.62. The maximum absolute atomic E-state index is 13.3. The van der Waals surface area contributed by atoms with E-state index in [2.05, 4.69) is 0 Å². The highest BCUT2D eigenvalue weighted by Crippen LogP contribution is 2.15. The van der Waals surface area contributed by atoms with Crippen LogP contribution in [0.5, 0.6) is 5.75 Å². The Morgan fingerprint density at radius 2 is 1.77 bits per heavy atom. The lowest BCUT2D eigenvalue weighted by molar-refractivity contribution is -0.135. The molecule has 2 aromatic rings. The summed E-state index contributed by atoms with van der Waals surface area (Å²) in [7, 11) is 3.67. The maximum Gasteiger partial charge on any atom is 0.239 e. The largest absolute Gasteiger partial charge is 0.494 e. The van der Waals surface area contributed by atoms with E-state index in [1.807, 2.05) is 56.1 Å². The summed E-state index contributed by atoms with van der Waals surface area (Å²) in [6, 6.07) is 14.0. The number of amides is 1. The zero-order valence-electron chi connectivity index (χ0n) is 15.9. The van der Waals surface area contributed by atoms with E-state index in [-0.39, 0.29) is 17.8 Å². The number of rotatable bonds is 8. The number of nitrogens with zero attached hydrogens (tertiary/aromatic N) is 2. The summed E-state index contributed by atoms with van der Waals surface area (Å²) < 4.78 is 18.8. The van der Waals surface area contributed by atoms with E-state index < -0.39 is 0 Å². The van der Waals surface area contributed by atoms with E-state index in [9.17, 15) is 9.18 Å². The van der Waals surface area contributed by atoms with Crippen LogP contribution in [0.1, 0.15) is 25.0 Å². The molecule has 0 aliphatic rings. The number of hydrogen-bond acceptors (Lipinski definition) is 3. The molecule has 26 heavy (non-hydrogen) atoms. The Balaban J connectivity index is 1.93. The molecular formula is C21H27FN2O2. The summed E-state index contributed by atoms with van der Waals surface area (Å²) in [6.45, 7) is 5.53. The second-order valence-corrected chi connectivity index (χ2v) is 6.49. The molecule has 4 nitrogen and oxygen atoms in total. The number of halogens is 1. The Labute approximate surface area is 155 Å². The zero-order valence-corrected chi connectivity index (χ0v) is 15.9. The Morgan fingerprint density at radius 3 is 2.38 bits per heavy atom. The lowest BCUT2D eigenvalue weighted by Gasteiger charge is -2.28. The third-order valence-corrected chi connectivity index (χ3v) is 4.37. The minimum absolute atomic E-state index is 0.00250. The fourth-order valence-electron chi connectivity index (χ4n) is 2.78. The molecule has 0 radical (unpaired) electrons. The van der Waals surface area contributed by atoms with E-state index in [1.165, 1.54) is 12.1 Å². The highest BCUT2D eigenvalue weighted by Gasteiger charge is 2.22. The second kappa shape index (κ2) is 9.34. The van der Waals surface area contributed by atoms with Crippen molar-refractivity contribution in [1.82, 2.24) is 9.80 Å². The van der Waals surface area contributed by atoms with Gasteiger partial charge in [0.05, 0.1) is 12.6 Å². The molecule has 0 heterocycles. The molecule has 0 aliphatic heterocycles. The third-order valence-electron chi connectivity index (χ3n) is 4.37. The van der Waals surface area contributed by atoms with Gasteiger partial charge in [0.1, 0.15) is 11.6 Å². The molecule has 0 bridgehead atoms. The number of likely N-dealkylation sites (N-methyl/N-ethyl adjacent to an activating group) is 2. The van der Waals surface area contributed by atoms with Gasteiger partial charge in [-0.1, -0.05) is 24.3 Å². The maximum atomic E-state index is 13.3. The van der Waals surface area contributed by atoms with Crippen LogP contribution in [-0.4, -0.2) is 42.5 Å². The van der Waals surface area contributed by atoms with E-state index in [4.69, 9.17) is 4.74 Å². The van der Waals surface area contributed by atoms with Crippen LogP contribution in [0.25, 0.3) is 0 Å². The van der Waals surface area contributed by atoms with Crippen LogP contribution >= 0.6 is 0 Å². The van der Waals surface area contributed by atoms with Gasteiger partial charge < -0.3 is 9.64 Å². The minimum atomic E-state index is -0.288. The van der Waals surface area contributed by atoms with Crippen molar-refractivity contribution in [2.75, 3.05) is 20.7 Å². The monoisotopic (exact) mass is 358 g/mol. The van der Waals surface area contributed by atoms with Crippen LogP contribution in [0, 0.1) is 5.82 Å². The van der Waals surface area contributed by atoms with Gasteiger partial charge in [0.15, 0.2) is 0 Å². The van der Waals surface area contributed by atoms with Crippen LogP contribution in [-0.2, 0) is 17.9 Å². The number of benzene rings is 2. The summed E-state index contributed by atoms with van der Waals surface area (Å²) in [5, 5.41) is 0.